The Morgan fingerprint density at radius 2 is 2.25 bits per heavy atom. The average molecular weight is 219 g/mol. The fraction of sp³-hybridized carbons (Fsp3) is 0.250. The summed E-state index contributed by atoms with van der Waals surface area (Å²) < 4.78 is 15.1. The Morgan fingerprint density at radius 3 is 3.00 bits per heavy atom. The molecule has 0 aliphatic carbocycles. The van der Waals surface area contributed by atoms with Crippen LogP contribution in [-0.2, 0) is 6.54 Å². The predicted molar refractivity (Wildman–Crippen MR) is 61.3 cm³/mol. The molecule has 84 valence electrons. The number of nitrogens with two attached hydrogens (primary N) is 1. The van der Waals surface area contributed by atoms with E-state index in [0.29, 0.717) is 6.54 Å². The first-order valence-electron chi connectivity index (χ1n) is 5.27. The second kappa shape index (κ2) is 4.90. The van der Waals surface area contributed by atoms with Gasteiger partial charge in [-0.3, -0.25) is 0 Å². The lowest BCUT2D eigenvalue weighted by Gasteiger charge is -2.07. The summed E-state index contributed by atoms with van der Waals surface area (Å²) in [6.07, 6.45) is 4.37. The quantitative estimate of drug-likeness (QED) is 0.855. The molecule has 0 aliphatic heterocycles. The highest BCUT2D eigenvalue weighted by atomic mass is 19.1. The van der Waals surface area contributed by atoms with E-state index < -0.39 is 0 Å². The van der Waals surface area contributed by atoms with Gasteiger partial charge in [-0.15, -0.1) is 0 Å². The zero-order valence-corrected chi connectivity index (χ0v) is 8.94. The first-order chi connectivity index (χ1) is 7.81. The van der Waals surface area contributed by atoms with E-state index in [0.717, 1.165) is 24.2 Å². The standard InChI is InChI=1S/C12H14FN3/c13-11-4-1-3-10(7-11)12-8-15-9-16(12)6-2-5-14/h1,3-4,7-9H,2,5-6,14H2. The highest BCUT2D eigenvalue weighted by Crippen LogP contribution is 2.19. The van der Waals surface area contributed by atoms with Gasteiger partial charge in [0, 0.05) is 12.1 Å². The molecule has 0 aliphatic rings. The van der Waals surface area contributed by atoms with Gasteiger partial charge >= 0.3 is 0 Å². The van der Waals surface area contributed by atoms with Crippen LogP contribution in [0.1, 0.15) is 6.42 Å². The van der Waals surface area contributed by atoms with E-state index in [1.54, 1.807) is 18.6 Å². The summed E-state index contributed by atoms with van der Waals surface area (Å²) in [5.41, 5.74) is 7.23. The van der Waals surface area contributed by atoms with Crippen LogP contribution in [0.4, 0.5) is 4.39 Å². The van der Waals surface area contributed by atoms with Gasteiger partial charge in [0.2, 0.25) is 0 Å². The van der Waals surface area contributed by atoms with E-state index in [1.165, 1.54) is 12.1 Å². The monoisotopic (exact) mass is 219 g/mol. The molecule has 1 aromatic heterocycles. The number of rotatable bonds is 4. The van der Waals surface area contributed by atoms with Crippen molar-refractivity contribution in [2.24, 2.45) is 5.73 Å². The number of halogens is 1. The van der Waals surface area contributed by atoms with E-state index in [9.17, 15) is 4.39 Å². The zero-order chi connectivity index (χ0) is 11.4. The number of hydrogen-bond donors (Lipinski definition) is 1. The third-order valence-electron chi connectivity index (χ3n) is 2.44. The van der Waals surface area contributed by atoms with Crippen molar-refractivity contribution < 1.29 is 4.39 Å². The number of hydrogen-bond acceptors (Lipinski definition) is 2. The summed E-state index contributed by atoms with van der Waals surface area (Å²) in [5, 5.41) is 0. The molecule has 3 nitrogen and oxygen atoms in total. The fourth-order valence-corrected chi connectivity index (χ4v) is 1.65. The zero-order valence-electron chi connectivity index (χ0n) is 8.94. The first kappa shape index (κ1) is 10.8. The minimum Gasteiger partial charge on any atom is -0.331 e. The molecule has 0 fully saturated rings. The van der Waals surface area contributed by atoms with Crippen molar-refractivity contribution in [2.75, 3.05) is 6.54 Å². The third kappa shape index (κ3) is 2.28. The van der Waals surface area contributed by atoms with Crippen molar-refractivity contribution in [3.63, 3.8) is 0 Å². The molecule has 1 aromatic carbocycles. The fourth-order valence-electron chi connectivity index (χ4n) is 1.65. The van der Waals surface area contributed by atoms with E-state index in [-0.39, 0.29) is 5.82 Å². The Kier molecular flexibility index (Phi) is 3.31. The van der Waals surface area contributed by atoms with Gasteiger partial charge < -0.3 is 10.3 Å². The maximum absolute atomic E-state index is 13.1. The highest BCUT2D eigenvalue weighted by molar-refractivity contribution is 5.58. The van der Waals surface area contributed by atoms with Crippen molar-refractivity contribution in [1.82, 2.24) is 9.55 Å². The van der Waals surface area contributed by atoms with E-state index in [1.807, 2.05) is 10.6 Å². The number of nitrogens with zero attached hydrogens (tertiary/aromatic N) is 2. The summed E-state index contributed by atoms with van der Waals surface area (Å²) in [4.78, 5) is 4.08. The Bertz CT molecular complexity index is 465. The summed E-state index contributed by atoms with van der Waals surface area (Å²) in [5.74, 6) is -0.232. The second-order valence-electron chi connectivity index (χ2n) is 3.62. The molecule has 0 saturated carbocycles. The molecule has 0 saturated heterocycles. The van der Waals surface area contributed by atoms with Crippen LogP contribution in [-0.4, -0.2) is 16.1 Å². The molecular formula is C12H14FN3. The normalized spacial score (nSPS) is 10.6. The third-order valence-corrected chi connectivity index (χ3v) is 2.44. The number of benzene rings is 1. The molecule has 4 heteroatoms. The van der Waals surface area contributed by atoms with Crippen LogP contribution in [0.25, 0.3) is 11.3 Å². The van der Waals surface area contributed by atoms with Crippen molar-refractivity contribution in [1.29, 1.82) is 0 Å². The minimum absolute atomic E-state index is 0.232. The van der Waals surface area contributed by atoms with Crippen molar-refractivity contribution in [2.45, 2.75) is 13.0 Å². The molecule has 2 aromatic rings. The first-order valence-corrected chi connectivity index (χ1v) is 5.27. The lowest BCUT2D eigenvalue weighted by atomic mass is 10.1. The number of aryl methyl sites for hydroxylation is 1. The van der Waals surface area contributed by atoms with Crippen molar-refractivity contribution in [3.8, 4) is 11.3 Å². The summed E-state index contributed by atoms with van der Waals surface area (Å²) in [7, 11) is 0. The van der Waals surface area contributed by atoms with Gasteiger partial charge in [-0.2, -0.15) is 0 Å². The summed E-state index contributed by atoms with van der Waals surface area (Å²) in [6.45, 7) is 1.45. The van der Waals surface area contributed by atoms with Crippen LogP contribution in [0, 0.1) is 5.82 Å². The Morgan fingerprint density at radius 1 is 1.38 bits per heavy atom. The van der Waals surface area contributed by atoms with Crippen LogP contribution < -0.4 is 5.73 Å². The maximum Gasteiger partial charge on any atom is 0.123 e. The van der Waals surface area contributed by atoms with E-state index in [2.05, 4.69) is 4.98 Å². The van der Waals surface area contributed by atoms with Crippen molar-refractivity contribution >= 4 is 0 Å². The molecule has 1 heterocycles. The van der Waals surface area contributed by atoms with Gasteiger partial charge in [-0.1, -0.05) is 12.1 Å². The van der Waals surface area contributed by atoms with Crippen LogP contribution in [0.15, 0.2) is 36.8 Å². The molecule has 0 amide bonds. The Labute approximate surface area is 93.7 Å². The highest BCUT2D eigenvalue weighted by Gasteiger charge is 2.05. The Hall–Kier alpha value is -1.68. The molecule has 2 rings (SSSR count). The second-order valence-corrected chi connectivity index (χ2v) is 3.62. The van der Waals surface area contributed by atoms with Crippen LogP contribution in [0.3, 0.4) is 0 Å². The molecule has 0 atom stereocenters. The lowest BCUT2D eigenvalue weighted by Crippen LogP contribution is -2.05. The molecule has 0 unspecified atom stereocenters. The largest absolute Gasteiger partial charge is 0.331 e. The van der Waals surface area contributed by atoms with Gasteiger partial charge in [-0.05, 0) is 25.1 Å². The summed E-state index contributed by atoms with van der Waals surface area (Å²) in [6, 6.07) is 6.52. The molecule has 2 N–H and O–H groups in total. The molecular weight excluding hydrogens is 205 g/mol. The molecule has 0 spiro atoms. The van der Waals surface area contributed by atoms with Gasteiger partial charge in [0.15, 0.2) is 0 Å². The van der Waals surface area contributed by atoms with Crippen LogP contribution in [0.5, 0.6) is 0 Å². The topological polar surface area (TPSA) is 43.8 Å². The van der Waals surface area contributed by atoms with Gasteiger partial charge in [0.1, 0.15) is 5.82 Å². The smallest absolute Gasteiger partial charge is 0.123 e. The Balaban J connectivity index is 2.29. The summed E-state index contributed by atoms with van der Waals surface area (Å²) >= 11 is 0. The SMILES string of the molecule is NCCCn1cncc1-c1cccc(F)c1. The molecule has 16 heavy (non-hydrogen) atoms. The van der Waals surface area contributed by atoms with E-state index >= 15 is 0 Å². The van der Waals surface area contributed by atoms with Gasteiger partial charge in [0.05, 0.1) is 18.2 Å². The van der Waals surface area contributed by atoms with Gasteiger partial charge in [-0.25, -0.2) is 9.37 Å². The maximum atomic E-state index is 13.1. The van der Waals surface area contributed by atoms with Gasteiger partial charge in [0.25, 0.3) is 0 Å². The average Bonchev–Trinajstić information content (AvgIpc) is 2.74. The number of imidazole rings is 1. The van der Waals surface area contributed by atoms with Crippen LogP contribution >= 0.6 is 0 Å². The number of aromatic nitrogens is 2. The van der Waals surface area contributed by atoms with E-state index in [4.69, 9.17) is 5.73 Å². The molecule has 0 bridgehead atoms. The van der Waals surface area contributed by atoms with Crippen LogP contribution in [0.2, 0.25) is 0 Å². The minimum atomic E-state index is -0.232. The molecule has 0 radical (unpaired) electrons. The predicted octanol–water partition coefficient (Wildman–Crippen LogP) is 2.04. The lowest BCUT2D eigenvalue weighted by molar-refractivity contribution is 0.627. The van der Waals surface area contributed by atoms with Crippen molar-refractivity contribution in [3.05, 3.63) is 42.6 Å².